The fourth-order valence-electron chi connectivity index (χ4n) is 2.24. The van der Waals surface area contributed by atoms with Crippen molar-refractivity contribution >= 4 is 21.4 Å². The summed E-state index contributed by atoms with van der Waals surface area (Å²) in [6.45, 7) is 6.65. The molecule has 1 saturated heterocycles. The van der Waals surface area contributed by atoms with Gasteiger partial charge in [-0.2, -0.15) is 4.31 Å². The van der Waals surface area contributed by atoms with Crippen molar-refractivity contribution in [3.8, 4) is 0 Å². The zero-order valence-corrected chi connectivity index (χ0v) is 13.3. The second kappa shape index (κ2) is 5.52. The standard InChI is InChI=1S/C13H21NO3S2/c1-11-9-14(13(2,3)10-17-11)19(15,16)8-6-12-5-4-7-18-12/h4-5,7,11H,6,8-10H2,1-3H3. The third kappa shape index (κ3) is 3.56. The van der Waals surface area contributed by atoms with Crippen molar-refractivity contribution in [1.29, 1.82) is 0 Å². The Labute approximate surface area is 119 Å². The van der Waals surface area contributed by atoms with Crippen LogP contribution in [0.1, 0.15) is 25.6 Å². The van der Waals surface area contributed by atoms with Gasteiger partial charge in [0, 0.05) is 11.4 Å². The van der Waals surface area contributed by atoms with Crippen molar-refractivity contribution in [1.82, 2.24) is 4.31 Å². The van der Waals surface area contributed by atoms with Crippen molar-refractivity contribution in [3.05, 3.63) is 22.4 Å². The molecule has 0 saturated carbocycles. The van der Waals surface area contributed by atoms with Gasteiger partial charge in [0.15, 0.2) is 0 Å². The number of aryl methyl sites for hydroxylation is 1. The van der Waals surface area contributed by atoms with E-state index in [1.165, 1.54) is 0 Å². The second-order valence-corrected chi connectivity index (χ2v) is 8.66. The lowest BCUT2D eigenvalue weighted by atomic mass is 10.1. The number of sulfonamides is 1. The lowest BCUT2D eigenvalue weighted by Gasteiger charge is -2.43. The minimum atomic E-state index is -3.24. The fourth-order valence-corrected chi connectivity index (χ4v) is 5.02. The van der Waals surface area contributed by atoms with Crippen LogP contribution >= 0.6 is 11.3 Å². The Hall–Kier alpha value is -0.430. The van der Waals surface area contributed by atoms with Gasteiger partial charge in [0.1, 0.15) is 0 Å². The quantitative estimate of drug-likeness (QED) is 0.856. The van der Waals surface area contributed by atoms with Gasteiger partial charge in [-0.25, -0.2) is 8.42 Å². The van der Waals surface area contributed by atoms with Crippen molar-refractivity contribution < 1.29 is 13.2 Å². The number of nitrogens with zero attached hydrogens (tertiary/aromatic N) is 1. The van der Waals surface area contributed by atoms with Crippen LogP contribution in [0.4, 0.5) is 0 Å². The highest BCUT2D eigenvalue weighted by Gasteiger charge is 2.40. The Balaban J connectivity index is 2.09. The van der Waals surface area contributed by atoms with Gasteiger partial charge in [-0.3, -0.25) is 0 Å². The van der Waals surface area contributed by atoms with E-state index in [1.807, 2.05) is 38.3 Å². The Bertz CT molecular complexity index is 508. The Morgan fingerprint density at radius 3 is 2.89 bits per heavy atom. The van der Waals surface area contributed by atoms with E-state index in [1.54, 1.807) is 15.6 Å². The zero-order valence-electron chi connectivity index (χ0n) is 11.6. The number of hydrogen-bond acceptors (Lipinski definition) is 4. The molecule has 0 aliphatic carbocycles. The second-order valence-electron chi connectivity index (χ2n) is 5.61. The molecular formula is C13H21NO3S2. The maximum absolute atomic E-state index is 12.5. The predicted octanol–water partition coefficient (Wildman–Crippen LogP) is 2.12. The third-order valence-corrected chi connectivity index (χ3v) is 6.31. The number of morpholine rings is 1. The normalized spacial score (nSPS) is 24.5. The van der Waals surface area contributed by atoms with Crippen LogP contribution in [0.2, 0.25) is 0 Å². The minimum Gasteiger partial charge on any atom is -0.375 e. The average Bonchev–Trinajstić information content (AvgIpc) is 2.83. The third-order valence-electron chi connectivity index (χ3n) is 3.34. The maximum Gasteiger partial charge on any atom is 0.215 e. The Morgan fingerprint density at radius 2 is 2.26 bits per heavy atom. The molecule has 1 atom stereocenters. The van der Waals surface area contributed by atoms with Crippen molar-refractivity contribution in [3.63, 3.8) is 0 Å². The molecule has 4 nitrogen and oxygen atoms in total. The van der Waals surface area contributed by atoms with E-state index in [2.05, 4.69) is 0 Å². The van der Waals surface area contributed by atoms with Gasteiger partial charge < -0.3 is 4.74 Å². The van der Waals surface area contributed by atoms with E-state index in [9.17, 15) is 8.42 Å². The first-order valence-electron chi connectivity index (χ1n) is 6.46. The van der Waals surface area contributed by atoms with E-state index in [0.717, 1.165) is 4.88 Å². The predicted molar refractivity (Wildman–Crippen MR) is 78.0 cm³/mol. The first-order chi connectivity index (χ1) is 8.81. The molecule has 0 N–H and O–H groups in total. The molecule has 2 heterocycles. The Kier molecular flexibility index (Phi) is 4.35. The fraction of sp³-hybridized carbons (Fsp3) is 0.692. The Morgan fingerprint density at radius 1 is 1.53 bits per heavy atom. The summed E-state index contributed by atoms with van der Waals surface area (Å²) < 4.78 is 32.2. The average molecular weight is 303 g/mol. The van der Waals surface area contributed by atoms with E-state index in [0.29, 0.717) is 19.6 Å². The van der Waals surface area contributed by atoms with Crippen molar-refractivity contribution in [2.45, 2.75) is 38.8 Å². The van der Waals surface area contributed by atoms with Crippen LogP contribution in [0.25, 0.3) is 0 Å². The minimum absolute atomic E-state index is 0.0375. The van der Waals surface area contributed by atoms with Crippen LogP contribution in [0.5, 0.6) is 0 Å². The van der Waals surface area contributed by atoms with E-state index >= 15 is 0 Å². The van der Waals surface area contributed by atoms with Gasteiger partial charge in [-0.1, -0.05) is 6.07 Å². The van der Waals surface area contributed by atoms with Crippen LogP contribution < -0.4 is 0 Å². The van der Waals surface area contributed by atoms with Gasteiger partial charge in [0.2, 0.25) is 10.0 Å². The SMILES string of the molecule is CC1CN(S(=O)(=O)CCc2cccs2)C(C)(C)CO1. The molecule has 2 rings (SSSR count). The molecule has 1 aromatic heterocycles. The van der Waals surface area contributed by atoms with E-state index < -0.39 is 15.6 Å². The summed E-state index contributed by atoms with van der Waals surface area (Å²) in [6.07, 6.45) is 0.548. The molecule has 6 heteroatoms. The molecule has 1 fully saturated rings. The summed E-state index contributed by atoms with van der Waals surface area (Å²) in [6, 6.07) is 3.93. The van der Waals surface area contributed by atoms with E-state index in [-0.39, 0.29) is 11.9 Å². The molecule has 1 aliphatic heterocycles. The van der Waals surface area contributed by atoms with Gasteiger partial charge in [0.25, 0.3) is 0 Å². The molecule has 0 aromatic carbocycles. The molecular weight excluding hydrogens is 282 g/mol. The topological polar surface area (TPSA) is 46.6 Å². The molecule has 1 unspecified atom stereocenters. The summed E-state index contributed by atoms with van der Waals surface area (Å²) in [4.78, 5) is 1.11. The smallest absolute Gasteiger partial charge is 0.215 e. The molecule has 0 radical (unpaired) electrons. The van der Waals surface area contributed by atoms with Crippen LogP contribution in [0.15, 0.2) is 17.5 Å². The number of ether oxygens (including phenoxy) is 1. The number of hydrogen-bond donors (Lipinski definition) is 0. The molecule has 1 aromatic rings. The molecule has 0 bridgehead atoms. The summed E-state index contributed by atoms with van der Waals surface area (Å²) >= 11 is 1.60. The van der Waals surface area contributed by atoms with Crippen LogP contribution in [0, 0.1) is 0 Å². The highest BCUT2D eigenvalue weighted by atomic mass is 32.2. The van der Waals surface area contributed by atoms with E-state index in [4.69, 9.17) is 4.74 Å². The molecule has 0 amide bonds. The monoisotopic (exact) mass is 303 g/mol. The van der Waals surface area contributed by atoms with Gasteiger partial charge in [-0.05, 0) is 38.6 Å². The highest BCUT2D eigenvalue weighted by molar-refractivity contribution is 7.89. The van der Waals surface area contributed by atoms with Crippen molar-refractivity contribution in [2.75, 3.05) is 18.9 Å². The summed E-state index contributed by atoms with van der Waals surface area (Å²) in [5, 5.41) is 1.97. The van der Waals surface area contributed by atoms with Crippen LogP contribution in [-0.2, 0) is 21.2 Å². The number of thiophene rings is 1. The summed E-state index contributed by atoms with van der Waals surface area (Å²) in [5.41, 5.74) is -0.458. The zero-order chi connectivity index (χ0) is 14.1. The molecule has 19 heavy (non-hydrogen) atoms. The van der Waals surface area contributed by atoms with Crippen LogP contribution in [0.3, 0.4) is 0 Å². The van der Waals surface area contributed by atoms with Crippen molar-refractivity contribution in [2.24, 2.45) is 0 Å². The van der Waals surface area contributed by atoms with Gasteiger partial charge >= 0.3 is 0 Å². The van der Waals surface area contributed by atoms with Gasteiger partial charge in [-0.15, -0.1) is 11.3 Å². The largest absolute Gasteiger partial charge is 0.375 e. The lowest BCUT2D eigenvalue weighted by Crippen LogP contribution is -2.58. The number of rotatable bonds is 4. The van der Waals surface area contributed by atoms with Crippen LogP contribution in [-0.4, -0.2) is 43.3 Å². The molecule has 0 spiro atoms. The van der Waals surface area contributed by atoms with Gasteiger partial charge in [0.05, 0.1) is 24.0 Å². The lowest BCUT2D eigenvalue weighted by molar-refractivity contribution is -0.0550. The first-order valence-corrected chi connectivity index (χ1v) is 8.95. The first kappa shape index (κ1) is 15.0. The summed E-state index contributed by atoms with van der Waals surface area (Å²) in [7, 11) is -3.24. The highest BCUT2D eigenvalue weighted by Crippen LogP contribution is 2.26. The molecule has 108 valence electrons. The molecule has 1 aliphatic rings. The summed E-state index contributed by atoms with van der Waals surface area (Å²) in [5.74, 6) is 0.170. The maximum atomic E-state index is 12.5.